The molecule has 1 N–H and O–H groups in total. The molecule has 0 fully saturated rings. The van der Waals surface area contributed by atoms with Gasteiger partial charge in [0, 0.05) is 12.6 Å². The van der Waals surface area contributed by atoms with Crippen LogP contribution in [-0.4, -0.2) is 20.8 Å². The number of hydrogen-bond donors (Lipinski definition) is 1. The minimum Gasteiger partial charge on any atom is -0.308 e. The maximum absolute atomic E-state index is 4.07. The van der Waals surface area contributed by atoms with Gasteiger partial charge >= 0.3 is 0 Å². The lowest BCUT2D eigenvalue weighted by Gasteiger charge is -2.12. The number of nitrogens with one attached hydrogen (secondary N) is 1. The third-order valence-electron chi connectivity index (χ3n) is 2.16. The van der Waals surface area contributed by atoms with Gasteiger partial charge in [0.25, 0.3) is 0 Å². The van der Waals surface area contributed by atoms with E-state index in [0.717, 1.165) is 13.1 Å². The van der Waals surface area contributed by atoms with Gasteiger partial charge in [0.05, 0.1) is 6.54 Å². The fourth-order valence-corrected chi connectivity index (χ4v) is 2.03. The van der Waals surface area contributed by atoms with E-state index in [9.17, 15) is 0 Å². The first-order valence-corrected chi connectivity index (χ1v) is 5.86. The van der Waals surface area contributed by atoms with E-state index in [-0.39, 0.29) is 0 Å². The Morgan fingerprint density at radius 1 is 1.60 bits per heavy atom. The summed E-state index contributed by atoms with van der Waals surface area (Å²) < 4.78 is 1.84. The number of rotatable bonds is 5. The molecule has 0 aliphatic heterocycles. The molecule has 0 amide bonds. The fourth-order valence-electron chi connectivity index (χ4n) is 1.36. The zero-order valence-corrected chi connectivity index (χ0v) is 9.44. The highest BCUT2D eigenvalue weighted by molar-refractivity contribution is 7.07. The van der Waals surface area contributed by atoms with E-state index in [1.54, 1.807) is 24.0 Å². The summed E-state index contributed by atoms with van der Waals surface area (Å²) in [6, 6.07) is 2.53. The highest BCUT2D eigenvalue weighted by Gasteiger charge is 2.02. The topological polar surface area (TPSA) is 42.7 Å². The summed E-state index contributed by atoms with van der Waals surface area (Å²) in [5.74, 6) is 0. The minimum atomic E-state index is 0.395. The lowest BCUT2D eigenvalue weighted by molar-refractivity contribution is 0.450. The van der Waals surface area contributed by atoms with Crippen LogP contribution in [0.2, 0.25) is 0 Å². The van der Waals surface area contributed by atoms with Gasteiger partial charge in [-0.25, -0.2) is 4.98 Å². The molecule has 2 aromatic rings. The number of hydrogen-bond acceptors (Lipinski definition) is 4. The van der Waals surface area contributed by atoms with Gasteiger partial charge in [-0.15, -0.1) is 0 Å². The molecule has 80 valence electrons. The first-order valence-electron chi connectivity index (χ1n) is 4.91. The molecule has 2 rings (SSSR count). The van der Waals surface area contributed by atoms with Crippen molar-refractivity contribution >= 4 is 11.3 Å². The Bertz CT molecular complexity index is 368. The molecule has 0 bridgehead atoms. The first-order chi connectivity index (χ1) is 7.34. The van der Waals surface area contributed by atoms with Gasteiger partial charge in [-0.3, -0.25) is 4.68 Å². The van der Waals surface area contributed by atoms with Crippen LogP contribution in [0, 0.1) is 0 Å². The molecule has 15 heavy (non-hydrogen) atoms. The van der Waals surface area contributed by atoms with Crippen molar-refractivity contribution in [3.8, 4) is 0 Å². The second kappa shape index (κ2) is 5.04. The summed E-state index contributed by atoms with van der Waals surface area (Å²) in [7, 11) is 0. The van der Waals surface area contributed by atoms with Crippen LogP contribution in [0.3, 0.4) is 0 Å². The lowest BCUT2D eigenvalue weighted by Crippen LogP contribution is -2.29. The lowest BCUT2D eigenvalue weighted by atomic mass is 10.3. The van der Waals surface area contributed by atoms with Crippen LogP contribution in [0.4, 0.5) is 0 Å². The number of aromatic nitrogens is 3. The van der Waals surface area contributed by atoms with Gasteiger partial charge in [0.15, 0.2) is 0 Å². The second-order valence-electron chi connectivity index (χ2n) is 3.53. The second-order valence-corrected chi connectivity index (χ2v) is 4.31. The van der Waals surface area contributed by atoms with E-state index < -0.39 is 0 Å². The largest absolute Gasteiger partial charge is 0.308 e. The van der Waals surface area contributed by atoms with Crippen molar-refractivity contribution in [2.45, 2.75) is 26.1 Å². The molecule has 4 nitrogen and oxygen atoms in total. The minimum absolute atomic E-state index is 0.395. The van der Waals surface area contributed by atoms with Gasteiger partial charge < -0.3 is 5.32 Å². The summed E-state index contributed by atoms with van der Waals surface area (Å²) in [5.41, 5.74) is 1.34. The van der Waals surface area contributed by atoms with Gasteiger partial charge in [-0.1, -0.05) is 0 Å². The molecule has 1 atom stereocenters. The third-order valence-corrected chi connectivity index (χ3v) is 2.89. The van der Waals surface area contributed by atoms with Gasteiger partial charge in [-0.05, 0) is 29.3 Å². The average Bonchev–Trinajstić information content (AvgIpc) is 2.86. The van der Waals surface area contributed by atoms with Crippen LogP contribution >= 0.6 is 11.3 Å². The van der Waals surface area contributed by atoms with Crippen molar-refractivity contribution in [2.24, 2.45) is 0 Å². The predicted octanol–water partition coefficient (Wildman–Crippen LogP) is 1.52. The van der Waals surface area contributed by atoms with Gasteiger partial charge in [0.2, 0.25) is 0 Å². The third kappa shape index (κ3) is 3.14. The molecule has 0 unspecified atom stereocenters. The van der Waals surface area contributed by atoms with Crippen molar-refractivity contribution in [3.05, 3.63) is 35.0 Å². The highest BCUT2D eigenvalue weighted by atomic mass is 32.1. The molecule has 0 radical (unpaired) electrons. The summed E-state index contributed by atoms with van der Waals surface area (Å²) in [5, 5.41) is 11.8. The quantitative estimate of drug-likeness (QED) is 0.834. The van der Waals surface area contributed by atoms with Crippen LogP contribution in [0.25, 0.3) is 0 Å². The van der Waals surface area contributed by atoms with Crippen molar-refractivity contribution in [1.82, 2.24) is 20.1 Å². The summed E-state index contributed by atoms with van der Waals surface area (Å²) >= 11 is 1.73. The van der Waals surface area contributed by atoms with Crippen molar-refractivity contribution in [1.29, 1.82) is 0 Å². The molecule has 0 spiro atoms. The molecule has 5 heteroatoms. The van der Waals surface area contributed by atoms with E-state index in [1.165, 1.54) is 5.56 Å². The van der Waals surface area contributed by atoms with Crippen LogP contribution < -0.4 is 5.32 Å². The fraction of sp³-hybridized carbons (Fsp3) is 0.400. The SMILES string of the molecule is C[C@@H](Cn1cncn1)NCc1ccsc1. The van der Waals surface area contributed by atoms with E-state index in [2.05, 4.69) is 39.1 Å². The molecule has 2 heterocycles. The summed E-state index contributed by atoms with van der Waals surface area (Å²) in [4.78, 5) is 3.91. The first kappa shape index (κ1) is 10.3. The van der Waals surface area contributed by atoms with E-state index in [0.29, 0.717) is 6.04 Å². The van der Waals surface area contributed by atoms with Crippen LogP contribution in [0.15, 0.2) is 29.5 Å². The smallest absolute Gasteiger partial charge is 0.137 e. The monoisotopic (exact) mass is 222 g/mol. The van der Waals surface area contributed by atoms with Crippen molar-refractivity contribution in [3.63, 3.8) is 0 Å². The van der Waals surface area contributed by atoms with Crippen LogP contribution in [0.5, 0.6) is 0 Å². The standard InChI is InChI=1S/C10H14N4S/c1-9(5-14-8-11-7-13-14)12-4-10-2-3-15-6-10/h2-3,6-9,12H,4-5H2,1H3/t9-/m0/s1. The maximum atomic E-state index is 4.07. The molecule has 0 saturated carbocycles. The molecule has 0 aromatic carbocycles. The van der Waals surface area contributed by atoms with Crippen LogP contribution in [0.1, 0.15) is 12.5 Å². The zero-order valence-electron chi connectivity index (χ0n) is 8.63. The van der Waals surface area contributed by atoms with Crippen molar-refractivity contribution in [2.75, 3.05) is 0 Å². The van der Waals surface area contributed by atoms with Crippen molar-refractivity contribution < 1.29 is 0 Å². The normalized spacial score (nSPS) is 12.9. The van der Waals surface area contributed by atoms with E-state index in [1.807, 2.05) is 4.68 Å². The number of thiophene rings is 1. The molecule has 0 aliphatic rings. The van der Waals surface area contributed by atoms with Gasteiger partial charge in [0.1, 0.15) is 12.7 Å². The van der Waals surface area contributed by atoms with E-state index >= 15 is 0 Å². The maximum Gasteiger partial charge on any atom is 0.137 e. The zero-order chi connectivity index (χ0) is 10.5. The Hall–Kier alpha value is -1.20. The van der Waals surface area contributed by atoms with Crippen LogP contribution in [-0.2, 0) is 13.1 Å². The predicted molar refractivity (Wildman–Crippen MR) is 60.6 cm³/mol. The summed E-state index contributed by atoms with van der Waals surface area (Å²) in [6.45, 7) is 3.91. The molecular formula is C10H14N4S. The van der Waals surface area contributed by atoms with E-state index in [4.69, 9.17) is 0 Å². The Balaban J connectivity index is 1.76. The molecule has 2 aromatic heterocycles. The Labute approximate surface area is 93.0 Å². The number of nitrogens with zero attached hydrogens (tertiary/aromatic N) is 3. The Kier molecular flexibility index (Phi) is 3.47. The van der Waals surface area contributed by atoms with Gasteiger partial charge in [-0.2, -0.15) is 16.4 Å². The molecule has 0 aliphatic carbocycles. The Morgan fingerprint density at radius 2 is 2.53 bits per heavy atom. The molecule has 0 saturated heterocycles. The Morgan fingerprint density at radius 3 is 3.20 bits per heavy atom. The molecular weight excluding hydrogens is 208 g/mol. The average molecular weight is 222 g/mol. The summed E-state index contributed by atoms with van der Waals surface area (Å²) in [6.07, 6.45) is 3.30. The highest BCUT2D eigenvalue weighted by Crippen LogP contribution is 2.05.